The number of carbonyl (C=O) groups is 1. The van der Waals surface area contributed by atoms with E-state index in [1.54, 1.807) is 0 Å². The number of ketones is 1. The van der Waals surface area contributed by atoms with Gasteiger partial charge in [0.15, 0.2) is 0 Å². The minimum atomic E-state index is -0.576. The molecule has 0 aromatic heterocycles. The van der Waals surface area contributed by atoms with Crippen LogP contribution in [-0.2, 0) is 17.6 Å². The van der Waals surface area contributed by atoms with E-state index < -0.39 is 16.9 Å². The lowest BCUT2D eigenvalue weighted by Crippen LogP contribution is -2.57. The molecule has 1 aliphatic carbocycles. The van der Waals surface area contributed by atoms with E-state index in [0.717, 1.165) is 30.6 Å². The van der Waals surface area contributed by atoms with Gasteiger partial charge >= 0.3 is 0 Å². The maximum Gasteiger partial charge on any atom is 0.134 e. The van der Waals surface area contributed by atoms with Crippen molar-refractivity contribution in [2.45, 2.75) is 59.0 Å². The largest absolute Gasteiger partial charge is 0.399 e. The van der Waals surface area contributed by atoms with Crippen molar-refractivity contribution in [3.8, 4) is 0 Å². The summed E-state index contributed by atoms with van der Waals surface area (Å²) in [4.78, 5) is 15.5. The Balaban J connectivity index is 1.93. The van der Waals surface area contributed by atoms with Gasteiger partial charge in [-0.25, -0.2) is 0 Å². The number of hydrogen-bond donors (Lipinski definition) is 2. The number of aryl methyl sites for hydroxylation is 1. The first kappa shape index (κ1) is 24.5. The molecule has 0 radical (unpaired) electrons. The van der Waals surface area contributed by atoms with Crippen molar-refractivity contribution in [1.82, 2.24) is 4.90 Å². The number of carbonyl (C=O) groups excluding carboxylic acids is 1. The van der Waals surface area contributed by atoms with E-state index in [1.165, 1.54) is 5.56 Å². The van der Waals surface area contributed by atoms with E-state index in [2.05, 4.69) is 50.9 Å². The van der Waals surface area contributed by atoms with Crippen LogP contribution < -0.4 is 5.73 Å². The number of benzene rings is 2. The highest BCUT2D eigenvalue weighted by Gasteiger charge is 2.53. The van der Waals surface area contributed by atoms with Crippen LogP contribution in [0.5, 0.6) is 0 Å². The molecule has 0 amide bonds. The van der Waals surface area contributed by atoms with Gasteiger partial charge in [0.2, 0.25) is 0 Å². The molecule has 3 atom stereocenters. The van der Waals surface area contributed by atoms with Crippen LogP contribution in [0, 0.1) is 16.7 Å². The molecule has 0 saturated heterocycles. The van der Waals surface area contributed by atoms with Gasteiger partial charge in [-0.1, -0.05) is 69.3 Å². The summed E-state index contributed by atoms with van der Waals surface area (Å²) in [7, 11) is 2.11. The first-order valence-corrected chi connectivity index (χ1v) is 11.9. The quantitative estimate of drug-likeness (QED) is 0.557. The van der Waals surface area contributed by atoms with Gasteiger partial charge in [-0.3, -0.25) is 4.79 Å². The molecule has 3 N–H and O–H groups in total. The highest BCUT2D eigenvalue weighted by molar-refractivity contribution is 5.81. The fraction of sp³-hybridized carbons (Fsp3) is 0.536. The van der Waals surface area contributed by atoms with E-state index in [4.69, 9.17) is 5.73 Å². The number of nitrogen functional groups attached to an aromatic ring is 1. The summed E-state index contributed by atoms with van der Waals surface area (Å²) in [5.74, 6) is 0.779. The van der Waals surface area contributed by atoms with Gasteiger partial charge < -0.3 is 15.7 Å². The molecule has 2 aromatic rings. The molecule has 1 fully saturated rings. The summed E-state index contributed by atoms with van der Waals surface area (Å²) in [5.41, 5.74) is 8.28. The van der Waals surface area contributed by atoms with Gasteiger partial charge in [-0.05, 0) is 49.4 Å². The lowest BCUT2D eigenvalue weighted by molar-refractivity contribution is -0.150. The molecule has 3 unspecified atom stereocenters. The van der Waals surface area contributed by atoms with Crippen LogP contribution in [0.3, 0.4) is 0 Å². The fourth-order valence-electron chi connectivity index (χ4n) is 5.88. The van der Waals surface area contributed by atoms with Crippen LogP contribution in [0.1, 0.15) is 51.2 Å². The maximum absolute atomic E-state index is 13.2. The van der Waals surface area contributed by atoms with Gasteiger partial charge in [-0.2, -0.15) is 0 Å². The van der Waals surface area contributed by atoms with Crippen molar-refractivity contribution >= 4 is 11.5 Å². The van der Waals surface area contributed by atoms with Crippen LogP contribution in [-0.4, -0.2) is 42.0 Å². The molecule has 0 heterocycles. The Hall–Kier alpha value is -2.17. The first-order valence-electron chi connectivity index (χ1n) is 11.9. The number of Topliss-reactive ketones (excluding diaryl/α,β-unsaturated/α-hetero) is 1. The van der Waals surface area contributed by atoms with Crippen LogP contribution in [0.2, 0.25) is 0 Å². The number of rotatable bonds is 9. The van der Waals surface area contributed by atoms with E-state index in [1.807, 2.05) is 36.4 Å². The SMILES string of the molecule is CC(C)CN(C)CC1(CCc2ccccc2N)CC(=O)CC(C)(Cc2ccccc2)C1O. The molecule has 0 aliphatic heterocycles. The third kappa shape index (κ3) is 5.79. The third-order valence-electron chi connectivity index (χ3n) is 7.05. The molecule has 174 valence electrons. The van der Waals surface area contributed by atoms with Gasteiger partial charge in [0, 0.05) is 42.4 Å². The molecule has 4 nitrogen and oxygen atoms in total. The lowest BCUT2D eigenvalue weighted by atomic mass is 9.56. The molecular formula is C28H40N2O2. The zero-order chi connectivity index (χ0) is 23.4. The zero-order valence-electron chi connectivity index (χ0n) is 20.2. The topological polar surface area (TPSA) is 66.6 Å². The van der Waals surface area contributed by atoms with Crippen molar-refractivity contribution < 1.29 is 9.90 Å². The highest BCUT2D eigenvalue weighted by atomic mass is 16.3. The highest BCUT2D eigenvalue weighted by Crippen LogP contribution is 2.50. The Morgan fingerprint density at radius 2 is 1.75 bits per heavy atom. The molecule has 0 spiro atoms. The van der Waals surface area contributed by atoms with Gasteiger partial charge in [0.1, 0.15) is 5.78 Å². The molecule has 1 aliphatic rings. The average molecular weight is 437 g/mol. The summed E-state index contributed by atoms with van der Waals surface area (Å²) in [6, 6.07) is 18.2. The van der Waals surface area contributed by atoms with E-state index in [9.17, 15) is 9.90 Å². The second kappa shape index (κ2) is 10.2. The Morgan fingerprint density at radius 3 is 2.41 bits per heavy atom. The maximum atomic E-state index is 13.2. The summed E-state index contributed by atoms with van der Waals surface area (Å²) in [6.07, 6.45) is 2.46. The normalized spacial score (nSPS) is 26.1. The molecule has 32 heavy (non-hydrogen) atoms. The van der Waals surface area contributed by atoms with E-state index in [0.29, 0.717) is 31.7 Å². The number of aliphatic hydroxyl groups is 1. The minimum absolute atomic E-state index is 0.257. The molecular weight excluding hydrogens is 396 g/mol. The number of nitrogens with two attached hydrogens (primary N) is 1. The lowest BCUT2D eigenvalue weighted by Gasteiger charge is -2.52. The molecule has 1 saturated carbocycles. The Kier molecular flexibility index (Phi) is 7.79. The molecule has 4 heteroatoms. The summed E-state index contributed by atoms with van der Waals surface area (Å²) in [5, 5.41) is 11.9. The number of aliphatic hydroxyl groups excluding tert-OH is 1. The van der Waals surface area contributed by atoms with Crippen molar-refractivity contribution in [2.75, 3.05) is 25.9 Å². The van der Waals surface area contributed by atoms with Crippen LogP contribution >= 0.6 is 0 Å². The molecule has 0 bridgehead atoms. The Bertz CT molecular complexity index is 897. The van der Waals surface area contributed by atoms with Gasteiger partial charge in [0.05, 0.1) is 6.10 Å². The molecule has 2 aromatic carbocycles. The van der Waals surface area contributed by atoms with Crippen LogP contribution in [0.15, 0.2) is 54.6 Å². The monoisotopic (exact) mass is 436 g/mol. The molecule has 3 rings (SSSR count). The minimum Gasteiger partial charge on any atom is -0.399 e. The second-order valence-electron chi connectivity index (χ2n) is 10.8. The zero-order valence-corrected chi connectivity index (χ0v) is 20.2. The third-order valence-corrected chi connectivity index (χ3v) is 7.05. The number of nitrogens with zero attached hydrogens (tertiary/aromatic N) is 1. The van der Waals surface area contributed by atoms with Crippen LogP contribution in [0.4, 0.5) is 5.69 Å². The second-order valence-corrected chi connectivity index (χ2v) is 10.8. The average Bonchev–Trinajstić information content (AvgIpc) is 2.71. The van der Waals surface area contributed by atoms with Gasteiger partial charge in [0.25, 0.3) is 0 Å². The van der Waals surface area contributed by atoms with Gasteiger partial charge in [-0.15, -0.1) is 0 Å². The predicted molar refractivity (Wildman–Crippen MR) is 132 cm³/mol. The summed E-state index contributed by atoms with van der Waals surface area (Å²) < 4.78 is 0. The van der Waals surface area contributed by atoms with Crippen molar-refractivity contribution in [1.29, 1.82) is 0 Å². The Labute approximate surface area is 193 Å². The van der Waals surface area contributed by atoms with Crippen molar-refractivity contribution in [3.05, 3.63) is 65.7 Å². The fourth-order valence-corrected chi connectivity index (χ4v) is 5.88. The van der Waals surface area contributed by atoms with E-state index in [-0.39, 0.29) is 5.78 Å². The van der Waals surface area contributed by atoms with E-state index >= 15 is 0 Å². The number of anilines is 1. The standard InChI is InChI=1S/C28H40N2O2/c1-21(2)19-30(4)20-28(15-14-23-12-8-9-13-25(23)29)18-24(31)17-27(3,26(28)32)16-22-10-6-5-7-11-22/h5-13,21,26,32H,14-20,29H2,1-4H3. The first-order chi connectivity index (χ1) is 15.1. The Morgan fingerprint density at radius 1 is 1.09 bits per heavy atom. The number of hydrogen-bond acceptors (Lipinski definition) is 4. The van der Waals surface area contributed by atoms with Crippen molar-refractivity contribution in [3.63, 3.8) is 0 Å². The van der Waals surface area contributed by atoms with Crippen molar-refractivity contribution in [2.24, 2.45) is 16.7 Å². The smallest absolute Gasteiger partial charge is 0.134 e. The summed E-state index contributed by atoms with van der Waals surface area (Å²) in [6.45, 7) is 8.14. The number of para-hydroxylation sites is 1. The predicted octanol–water partition coefficient (Wildman–Crippen LogP) is 4.75. The van der Waals surface area contributed by atoms with Crippen LogP contribution in [0.25, 0.3) is 0 Å². The summed E-state index contributed by atoms with van der Waals surface area (Å²) >= 11 is 0.